The monoisotopic (exact) mass is 289 g/mol. The first kappa shape index (κ1) is 15.6. The van der Waals surface area contributed by atoms with Gasteiger partial charge >= 0.3 is 0 Å². The second-order valence-corrected chi connectivity index (χ2v) is 5.56. The van der Waals surface area contributed by atoms with Crippen LogP contribution in [-0.2, 0) is 13.5 Å². The SMILES string of the molecule is CN=C(NCCC1=CCCCC1)NCCc1cnn(C)c1. The van der Waals surface area contributed by atoms with Crippen molar-refractivity contribution in [3.05, 3.63) is 29.6 Å². The highest BCUT2D eigenvalue weighted by Gasteiger charge is 2.04. The summed E-state index contributed by atoms with van der Waals surface area (Å²) in [7, 11) is 3.76. The summed E-state index contributed by atoms with van der Waals surface area (Å²) in [6, 6.07) is 0. The molecule has 0 saturated heterocycles. The molecule has 5 nitrogen and oxygen atoms in total. The fraction of sp³-hybridized carbons (Fsp3) is 0.625. The van der Waals surface area contributed by atoms with Crippen LogP contribution in [0.25, 0.3) is 0 Å². The Hall–Kier alpha value is -1.78. The minimum atomic E-state index is 0.869. The fourth-order valence-electron chi connectivity index (χ4n) is 2.62. The maximum atomic E-state index is 4.26. The van der Waals surface area contributed by atoms with E-state index in [1.165, 1.54) is 31.2 Å². The molecule has 5 heteroatoms. The first-order chi connectivity index (χ1) is 10.3. The van der Waals surface area contributed by atoms with Crippen LogP contribution in [0.3, 0.4) is 0 Å². The van der Waals surface area contributed by atoms with Gasteiger partial charge in [0.15, 0.2) is 5.96 Å². The third-order valence-electron chi connectivity index (χ3n) is 3.81. The van der Waals surface area contributed by atoms with Crippen molar-refractivity contribution in [2.75, 3.05) is 20.1 Å². The Balaban J connectivity index is 1.62. The number of guanidine groups is 1. The molecule has 0 fully saturated rings. The average Bonchev–Trinajstić information content (AvgIpc) is 2.92. The van der Waals surface area contributed by atoms with Gasteiger partial charge in [-0.3, -0.25) is 9.67 Å². The number of aliphatic imine (C=N–C) groups is 1. The summed E-state index contributed by atoms with van der Waals surface area (Å²) in [5.41, 5.74) is 2.84. The third-order valence-corrected chi connectivity index (χ3v) is 3.81. The Morgan fingerprint density at radius 2 is 2.10 bits per heavy atom. The van der Waals surface area contributed by atoms with Gasteiger partial charge in [-0.2, -0.15) is 5.10 Å². The summed E-state index contributed by atoms with van der Waals surface area (Å²) in [6.07, 6.45) is 13.7. The number of allylic oxidation sites excluding steroid dienone is 1. The Morgan fingerprint density at radius 3 is 2.71 bits per heavy atom. The minimum Gasteiger partial charge on any atom is -0.356 e. The lowest BCUT2D eigenvalue weighted by molar-refractivity contribution is 0.665. The highest BCUT2D eigenvalue weighted by molar-refractivity contribution is 5.79. The molecule has 0 radical (unpaired) electrons. The molecule has 0 unspecified atom stereocenters. The van der Waals surface area contributed by atoms with Gasteiger partial charge in [0.1, 0.15) is 0 Å². The summed E-state index contributed by atoms with van der Waals surface area (Å²) < 4.78 is 1.83. The molecule has 0 saturated carbocycles. The van der Waals surface area contributed by atoms with Crippen LogP contribution >= 0.6 is 0 Å². The number of aromatic nitrogens is 2. The van der Waals surface area contributed by atoms with Crippen molar-refractivity contribution in [1.82, 2.24) is 20.4 Å². The van der Waals surface area contributed by atoms with E-state index in [4.69, 9.17) is 0 Å². The Labute approximate surface area is 127 Å². The van der Waals surface area contributed by atoms with Crippen molar-refractivity contribution < 1.29 is 0 Å². The van der Waals surface area contributed by atoms with E-state index >= 15 is 0 Å². The normalized spacial score (nSPS) is 15.7. The molecule has 0 spiro atoms. The van der Waals surface area contributed by atoms with Crippen molar-refractivity contribution in [3.63, 3.8) is 0 Å². The third kappa shape index (κ3) is 5.61. The van der Waals surface area contributed by atoms with Gasteiger partial charge in [0, 0.05) is 33.4 Å². The summed E-state index contributed by atoms with van der Waals surface area (Å²) in [4.78, 5) is 4.26. The van der Waals surface area contributed by atoms with Crippen LogP contribution in [0.15, 0.2) is 29.0 Å². The number of hydrogen-bond acceptors (Lipinski definition) is 2. The van der Waals surface area contributed by atoms with Crippen molar-refractivity contribution in [1.29, 1.82) is 0 Å². The van der Waals surface area contributed by atoms with E-state index in [1.54, 1.807) is 5.57 Å². The minimum absolute atomic E-state index is 0.869. The number of rotatable bonds is 6. The molecule has 2 rings (SSSR count). The van der Waals surface area contributed by atoms with Gasteiger partial charge in [0.25, 0.3) is 0 Å². The summed E-state index contributed by atoms with van der Waals surface area (Å²) in [5.74, 6) is 0.885. The van der Waals surface area contributed by atoms with Gasteiger partial charge in [0.2, 0.25) is 0 Å². The molecule has 1 heterocycles. The summed E-state index contributed by atoms with van der Waals surface area (Å²) >= 11 is 0. The van der Waals surface area contributed by atoms with E-state index in [0.717, 1.165) is 31.9 Å². The predicted molar refractivity (Wildman–Crippen MR) is 87.4 cm³/mol. The molecule has 0 amide bonds. The first-order valence-corrected chi connectivity index (χ1v) is 7.88. The molecule has 0 bridgehead atoms. The van der Waals surface area contributed by atoms with Crippen LogP contribution in [0.2, 0.25) is 0 Å². The highest BCUT2D eigenvalue weighted by Crippen LogP contribution is 2.19. The number of nitrogens with one attached hydrogen (secondary N) is 2. The van der Waals surface area contributed by atoms with E-state index in [1.807, 2.05) is 31.2 Å². The molecule has 0 aromatic carbocycles. The van der Waals surface area contributed by atoms with Crippen LogP contribution in [0.5, 0.6) is 0 Å². The molecule has 1 aromatic heterocycles. The highest BCUT2D eigenvalue weighted by atomic mass is 15.2. The molecule has 0 aliphatic heterocycles. The van der Waals surface area contributed by atoms with Crippen LogP contribution in [-0.4, -0.2) is 35.9 Å². The molecular weight excluding hydrogens is 262 g/mol. The van der Waals surface area contributed by atoms with Gasteiger partial charge in [-0.15, -0.1) is 0 Å². The average molecular weight is 289 g/mol. The topological polar surface area (TPSA) is 54.2 Å². The maximum Gasteiger partial charge on any atom is 0.190 e. The molecule has 116 valence electrons. The largest absolute Gasteiger partial charge is 0.356 e. The Kier molecular flexibility index (Phi) is 6.31. The van der Waals surface area contributed by atoms with Crippen molar-refractivity contribution in [2.24, 2.45) is 12.0 Å². The van der Waals surface area contributed by atoms with E-state index < -0.39 is 0 Å². The molecule has 2 N–H and O–H groups in total. The lowest BCUT2D eigenvalue weighted by Gasteiger charge is -2.15. The van der Waals surface area contributed by atoms with Gasteiger partial charge in [0.05, 0.1) is 6.20 Å². The van der Waals surface area contributed by atoms with E-state index in [2.05, 4.69) is 26.8 Å². The van der Waals surface area contributed by atoms with Crippen molar-refractivity contribution in [3.8, 4) is 0 Å². The molecule has 0 atom stereocenters. The van der Waals surface area contributed by atoms with E-state index in [0.29, 0.717) is 0 Å². The second kappa shape index (κ2) is 8.49. The molecule has 1 aromatic rings. The molecule has 1 aliphatic rings. The standard InChI is InChI=1S/C16H27N5/c1-17-16(18-10-8-14-6-4-3-5-7-14)19-11-9-15-12-20-21(2)13-15/h6,12-13H,3-5,7-11H2,1-2H3,(H2,17,18,19). The summed E-state index contributed by atoms with van der Waals surface area (Å²) in [5, 5.41) is 10.9. The predicted octanol–water partition coefficient (Wildman–Crippen LogP) is 2.02. The van der Waals surface area contributed by atoms with Gasteiger partial charge in [-0.05, 0) is 44.1 Å². The van der Waals surface area contributed by atoms with Crippen molar-refractivity contribution >= 4 is 5.96 Å². The van der Waals surface area contributed by atoms with E-state index in [9.17, 15) is 0 Å². The smallest absolute Gasteiger partial charge is 0.190 e. The Bertz CT molecular complexity index is 487. The molecule has 1 aliphatic carbocycles. The lowest BCUT2D eigenvalue weighted by atomic mass is 9.97. The zero-order valence-electron chi connectivity index (χ0n) is 13.2. The number of hydrogen-bond donors (Lipinski definition) is 2. The lowest BCUT2D eigenvalue weighted by Crippen LogP contribution is -2.38. The maximum absolute atomic E-state index is 4.26. The zero-order chi connectivity index (χ0) is 14.9. The Morgan fingerprint density at radius 1 is 1.29 bits per heavy atom. The number of aryl methyl sites for hydroxylation is 1. The van der Waals surface area contributed by atoms with E-state index in [-0.39, 0.29) is 0 Å². The fourth-order valence-corrected chi connectivity index (χ4v) is 2.62. The first-order valence-electron chi connectivity index (χ1n) is 7.88. The molecule has 21 heavy (non-hydrogen) atoms. The van der Waals surface area contributed by atoms with Crippen LogP contribution in [0, 0.1) is 0 Å². The van der Waals surface area contributed by atoms with Gasteiger partial charge in [-0.1, -0.05) is 11.6 Å². The zero-order valence-corrected chi connectivity index (χ0v) is 13.2. The van der Waals surface area contributed by atoms with Crippen LogP contribution in [0.4, 0.5) is 0 Å². The van der Waals surface area contributed by atoms with Crippen LogP contribution < -0.4 is 10.6 Å². The van der Waals surface area contributed by atoms with Gasteiger partial charge in [-0.25, -0.2) is 0 Å². The molecular formula is C16H27N5. The second-order valence-electron chi connectivity index (χ2n) is 5.56. The number of nitrogens with zero attached hydrogens (tertiary/aromatic N) is 3. The van der Waals surface area contributed by atoms with Crippen LogP contribution in [0.1, 0.15) is 37.7 Å². The van der Waals surface area contributed by atoms with Gasteiger partial charge < -0.3 is 10.6 Å². The quantitative estimate of drug-likeness (QED) is 0.478. The summed E-state index contributed by atoms with van der Waals surface area (Å²) in [6.45, 7) is 1.83. The van der Waals surface area contributed by atoms with Crippen molar-refractivity contribution in [2.45, 2.75) is 38.5 Å².